The van der Waals surface area contributed by atoms with Crippen molar-refractivity contribution < 1.29 is 14.1 Å². The van der Waals surface area contributed by atoms with E-state index >= 15 is 0 Å². The van der Waals surface area contributed by atoms with Gasteiger partial charge in [-0.15, -0.1) is 0 Å². The summed E-state index contributed by atoms with van der Waals surface area (Å²) < 4.78 is 4.96. The standard InChI is InChI=1S/C22H29N5O3/c1-17-13-20(24-30-17)23-21(28)16-26-9-11-27(12-10-26)22(29)19-6-4-5-18(14-19)15-25-7-2-3-8-25/h4-6,13-14H,2-3,7-12,15-16H2,1H3,(H,23,24,28). The van der Waals surface area contributed by atoms with Crippen LogP contribution in [0.15, 0.2) is 34.9 Å². The molecule has 0 radical (unpaired) electrons. The van der Waals surface area contributed by atoms with Gasteiger partial charge in [-0.05, 0) is 50.6 Å². The molecule has 1 N–H and O–H groups in total. The summed E-state index contributed by atoms with van der Waals surface area (Å²) >= 11 is 0. The maximum absolute atomic E-state index is 13.0. The van der Waals surface area contributed by atoms with Gasteiger partial charge in [0.2, 0.25) is 5.91 Å². The summed E-state index contributed by atoms with van der Waals surface area (Å²) in [6, 6.07) is 9.69. The lowest BCUT2D eigenvalue weighted by molar-refractivity contribution is -0.117. The van der Waals surface area contributed by atoms with E-state index in [4.69, 9.17) is 4.52 Å². The molecule has 2 aliphatic rings. The zero-order chi connectivity index (χ0) is 20.9. The Morgan fingerprint density at radius 2 is 1.80 bits per heavy atom. The minimum Gasteiger partial charge on any atom is -0.360 e. The third-order valence-corrected chi connectivity index (χ3v) is 5.70. The predicted octanol–water partition coefficient (Wildman–Crippen LogP) is 1.98. The number of hydrogen-bond acceptors (Lipinski definition) is 6. The van der Waals surface area contributed by atoms with Gasteiger partial charge in [-0.3, -0.25) is 19.4 Å². The van der Waals surface area contributed by atoms with Gasteiger partial charge >= 0.3 is 0 Å². The maximum atomic E-state index is 13.0. The minimum atomic E-state index is -0.127. The Morgan fingerprint density at radius 1 is 1.03 bits per heavy atom. The van der Waals surface area contributed by atoms with Crippen LogP contribution in [0.2, 0.25) is 0 Å². The van der Waals surface area contributed by atoms with Crippen molar-refractivity contribution >= 4 is 17.6 Å². The van der Waals surface area contributed by atoms with E-state index in [1.165, 1.54) is 18.4 Å². The van der Waals surface area contributed by atoms with E-state index in [1.54, 1.807) is 13.0 Å². The SMILES string of the molecule is Cc1cc(NC(=O)CN2CCN(C(=O)c3cccc(CN4CCCC4)c3)CC2)no1. The van der Waals surface area contributed by atoms with Gasteiger partial charge < -0.3 is 14.7 Å². The first-order valence-electron chi connectivity index (χ1n) is 10.6. The van der Waals surface area contributed by atoms with Crippen LogP contribution in [0, 0.1) is 6.92 Å². The van der Waals surface area contributed by atoms with E-state index < -0.39 is 0 Å². The molecule has 2 amide bonds. The molecule has 1 aromatic heterocycles. The summed E-state index contributed by atoms with van der Waals surface area (Å²) in [5.41, 5.74) is 1.94. The van der Waals surface area contributed by atoms with Gasteiger partial charge in [0.1, 0.15) is 5.76 Å². The van der Waals surface area contributed by atoms with E-state index in [2.05, 4.69) is 26.3 Å². The number of hydrogen-bond donors (Lipinski definition) is 1. The molecule has 1 aromatic carbocycles. The molecule has 2 aromatic rings. The van der Waals surface area contributed by atoms with E-state index in [0.29, 0.717) is 37.8 Å². The van der Waals surface area contributed by atoms with Crippen molar-refractivity contribution in [3.8, 4) is 0 Å². The van der Waals surface area contributed by atoms with E-state index in [0.717, 1.165) is 25.2 Å². The molecule has 3 heterocycles. The number of aryl methyl sites for hydroxylation is 1. The van der Waals surface area contributed by atoms with Gasteiger partial charge in [0.15, 0.2) is 5.82 Å². The van der Waals surface area contributed by atoms with Crippen LogP contribution in [0.25, 0.3) is 0 Å². The highest BCUT2D eigenvalue weighted by molar-refractivity contribution is 5.94. The summed E-state index contributed by atoms with van der Waals surface area (Å²) in [7, 11) is 0. The highest BCUT2D eigenvalue weighted by Gasteiger charge is 2.24. The molecular formula is C22H29N5O3. The second-order valence-electron chi connectivity index (χ2n) is 8.12. The number of carbonyl (C=O) groups excluding carboxylic acids is 2. The van der Waals surface area contributed by atoms with Crippen molar-refractivity contribution in [2.45, 2.75) is 26.3 Å². The number of amides is 2. The quantitative estimate of drug-likeness (QED) is 0.783. The average Bonchev–Trinajstić information content (AvgIpc) is 3.40. The van der Waals surface area contributed by atoms with Crippen LogP contribution in [-0.4, -0.2) is 77.5 Å². The number of piperazine rings is 1. The van der Waals surface area contributed by atoms with Crippen LogP contribution in [0.3, 0.4) is 0 Å². The molecule has 8 nitrogen and oxygen atoms in total. The number of anilines is 1. The van der Waals surface area contributed by atoms with E-state index in [1.807, 2.05) is 23.1 Å². The number of likely N-dealkylation sites (tertiary alicyclic amines) is 1. The molecule has 2 saturated heterocycles. The molecule has 0 atom stereocenters. The smallest absolute Gasteiger partial charge is 0.253 e. The Morgan fingerprint density at radius 3 is 2.50 bits per heavy atom. The monoisotopic (exact) mass is 411 g/mol. The summed E-state index contributed by atoms with van der Waals surface area (Å²) in [6.45, 7) is 7.83. The Labute approximate surface area is 176 Å². The fraction of sp³-hybridized carbons (Fsp3) is 0.500. The highest BCUT2D eigenvalue weighted by atomic mass is 16.5. The number of carbonyl (C=O) groups is 2. The van der Waals surface area contributed by atoms with Crippen LogP contribution in [0.4, 0.5) is 5.82 Å². The van der Waals surface area contributed by atoms with Crippen LogP contribution in [0.1, 0.15) is 34.5 Å². The first-order valence-corrected chi connectivity index (χ1v) is 10.6. The van der Waals surface area contributed by atoms with Gasteiger partial charge in [-0.2, -0.15) is 0 Å². The molecule has 2 aliphatic heterocycles. The molecule has 0 unspecified atom stereocenters. The van der Waals surface area contributed by atoms with Crippen molar-refractivity contribution in [3.63, 3.8) is 0 Å². The minimum absolute atomic E-state index is 0.0699. The summed E-state index contributed by atoms with van der Waals surface area (Å²) in [5, 5.41) is 6.51. The van der Waals surface area contributed by atoms with Crippen molar-refractivity contribution in [1.29, 1.82) is 0 Å². The molecule has 0 bridgehead atoms. The van der Waals surface area contributed by atoms with Gasteiger partial charge in [0, 0.05) is 44.4 Å². The zero-order valence-electron chi connectivity index (χ0n) is 17.5. The van der Waals surface area contributed by atoms with Crippen LogP contribution in [-0.2, 0) is 11.3 Å². The first-order chi connectivity index (χ1) is 14.6. The Bertz CT molecular complexity index is 882. The second kappa shape index (κ2) is 9.40. The van der Waals surface area contributed by atoms with Crippen LogP contribution < -0.4 is 5.32 Å². The molecule has 160 valence electrons. The molecule has 0 saturated carbocycles. The lowest BCUT2D eigenvalue weighted by Crippen LogP contribution is -2.50. The molecule has 2 fully saturated rings. The largest absolute Gasteiger partial charge is 0.360 e. The lowest BCUT2D eigenvalue weighted by Gasteiger charge is -2.34. The third-order valence-electron chi connectivity index (χ3n) is 5.70. The van der Waals surface area contributed by atoms with Crippen LogP contribution >= 0.6 is 0 Å². The number of nitrogens with zero attached hydrogens (tertiary/aromatic N) is 4. The number of rotatable bonds is 6. The highest BCUT2D eigenvalue weighted by Crippen LogP contribution is 2.16. The molecule has 0 aliphatic carbocycles. The fourth-order valence-corrected chi connectivity index (χ4v) is 4.10. The normalized spacial score (nSPS) is 18.0. The molecule has 30 heavy (non-hydrogen) atoms. The van der Waals surface area contributed by atoms with Crippen LogP contribution in [0.5, 0.6) is 0 Å². The number of aromatic nitrogens is 1. The second-order valence-corrected chi connectivity index (χ2v) is 8.12. The topological polar surface area (TPSA) is 81.9 Å². The summed E-state index contributed by atoms with van der Waals surface area (Å²) in [5.74, 6) is 1.03. The maximum Gasteiger partial charge on any atom is 0.253 e. The Balaban J connectivity index is 1.26. The predicted molar refractivity (Wildman–Crippen MR) is 113 cm³/mol. The molecular weight excluding hydrogens is 382 g/mol. The van der Waals surface area contributed by atoms with Gasteiger partial charge in [0.05, 0.1) is 6.54 Å². The molecule has 4 rings (SSSR count). The zero-order valence-corrected chi connectivity index (χ0v) is 17.5. The van der Waals surface area contributed by atoms with E-state index in [9.17, 15) is 9.59 Å². The summed E-state index contributed by atoms with van der Waals surface area (Å²) in [4.78, 5) is 31.5. The van der Waals surface area contributed by atoms with Crippen molar-refractivity contribution in [1.82, 2.24) is 19.9 Å². The lowest BCUT2D eigenvalue weighted by atomic mass is 10.1. The summed E-state index contributed by atoms with van der Waals surface area (Å²) in [6.07, 6.45) is 2.53. The Kier molecular flexibility index (Phi) is 6.44. The number of nitrogens with one attached hydrogen (secondary N) is 1. The van der Waals surface area contributed by atoms with Crippen molar-refractivity contribution in [2.24, 2.45) is 0 Å². The Hall–Kier alpha value is -2.71. The third kappa shape index (κ3) is 5.25. The van der Waals surface area contributed by atoms with E-state index in [-0.39, 0.29) is 18.4 Å². The number of benzene rings is 1. The van der Waals surface area contributed by atoms with Crippen molar-refractivity contribution in [2.75, 3.05) is 51.1 Å². The van der Waals surface area contributed by atoms with Gasteiger partial charge in [-0.25, -0.2) is 0 Å². The van der Waals surface area contributed by atoms with Crippen molar-refractivity contribution in [3.05, 3.63) is 47.2 Å². The van der Waals surface area contributed by atoms with Gasteiger partial charge in [-0.1, -0.05) is 17.3 Å². The first kappa shape index (κ1) is 20.6. The molecule has 0 spiro atoms. The molecule has 8 heteroatoms. The average molecular weight is 412 g/mol. The van der Waals surface area contributed by atoms with Gasteiger partial charge in [0.25, 0.3) is 5.91 Å². The fourth-order valence-electron chi connectivity index (χ4n) is 4.10.